The molecule has 0 saturated heterocycles. The van der Waals surface area contributed by atoms with Crippen LogP contribution >= 0.6 is 0 Å². The topological polar surface area (TPSA) is 61.2 Å². The highest BCUT2D eigenvalue weighted by molar-refractivity contribution is 5.48. The van der Waals surface area contributed by atoms with Crippen molar-refractivity contribution in [3.05, 3.63) is 35.9 Å². The Bertz CT molecular complexity index is 568. The number of benzene rings is 1. The lowest BCUT2D eigenvalue weighted by atomic mass is 10.0. The van der Waals surface area contributed by atoms with Crippen LogP contribution in [0, 0.1) is 0 Å². The van der Waals surface area contributed by atoms with Gasteiger partial charge in [-0.3, -0.25) is 4.68 Å². The summed E-state index contributed by atoms with van der Waals surface area (Å²) >= 11 is 0. The molecule has 0 aliphatic rings. The van der Waals surface area contributed by atoms with Crippen LogP contribution in [0.25, 0.3) is 0 Å². The van der Waals surface area contributed by atoms with E-state index in [0.717, 1.165) is 29.3 Å². The second kappa shape index (κ2) is 6.38. The van der Waals surface area contributed by atoms with Gasteiger partial charge in [0, 0.05) is 25.1 Å². The maximum absolute atomic E-state index is 5.49. The minimum Gasteiger partial charge on any atom is -0.493 e. The summed E-state index contributed by atoms with van der Waals surface area (Å²) in [4.78, 5) is 4.27. The molecule has 0 spiro atoms. The van der Waals surface area contributed by atoms with Gasteiger partial charge < -0.3 is 14.8 Å². The molecule has 1 unspecified atom stereocenters. The molecule has 1 atom stereocenters. The Labute approximate surface area is 118 Å². The van der Waals surface area contributed by atoms with Crippen molar-refractivity contribution >= 4 is 0 Å². The number of nitrogens with one attached hydrogen (secondary N) is 1. The van der Waals surface area contributed by atoms with E-state index in [0.29, 0.717) is 0 Å². The number of likely N-dealkylation sites (N-methyl/N-ethyl adjacent to an activating group) is 1. The number of hydrogen-bond donors (Lipinski definition) is 1. The van der Waals surface area contributed by atoms with Crippen LogP contribution in [-0.4, -0.2) is 36.0 Å². The summed E-state index contributed by atoms with van der Waals surface area (Å²) in [6.07, 6.45) is 2.28. The van der Waals surface area contributed by atoms with Gasteiger partial charge in [-0.1, -0.05) is 12.1 Å². The molecule has 1 heterocycles. The monoisotopic (exact) mass is 276 g/mol. The molecule has 6 heteroatoms. The van der Waals surface area contributed by atoms with Crippen LogP contribution in [0.1, 0.15) is 17.4 Å². The third-order valence-electron chi connectivity index (χ3n) is 3.35. The van der Waals surface area contributed by atoms with E-state index in [-0.39, 0.29) is 6.04 Å². The van der Waals surface area contributed by atoms with E-state index in [1.165, 1.54) is 0 Å². The van der Waals surface area contributed by atoms with E-state index in [2.05, 4.69) is 15.4 Å². The average Bonchev–Trinajstić information content (AvgIpc) is 2.88. The summed E-state index contributed by atoms with van der Waals surface area (Å²) in [5, 5.41) is 7.39. The molecule has 2 rings (SSSR count). The Morgan fingerprint density at radius 3 is 2.65 bits per heavy atom. The van der Waals surface area contributed by atoms with Crippen molar-refractivity contribution in [2.24, 2.45) is 7.05 Å². The van der Waals surface area contributed by atoms with Crippen LogP contribution < -0.4 is 14.8 Å². The van der Waals surface area contributed by atoms with E-state index in [9.17, 15) is 0 Å². The van der Waals surface area contributed by atoms with E-state index in [4.69, 9.17) is 9.47 Å². The third kappa shape index (κ3) is 2.75. The molecule has 20 heavy (non-hydrogen) atoms. The smallest absolute Gasteiger partial charge is 0.165 e. The average molecular weight is 276 g/mol. The van der Waals surface area contributed by atoms with Gasteiger partial charge in [0.2, 0.25) is 0 Å². The van der Waals surface area contributed by atoms with Gasteiger partial charge in [0.05, 0.1) is 14.2 Å². The number of ether oxygens (including phenoxy) is 2. The maximum atomic E-state index is 5.49. The molecule has 6 nitrogen and oxygen atoms in total. The highest BCUT2D eigenvalue weighted by atomic mass is 16.5. The summed E-state index contributed by atoms with van der Waals surface area (Å²) in [6, 6.07) is 5.94. The number of aryl methyl sites for hydroxylation is 1. The molecular formula is C14H20N4O2. The predicted molar refractivity (Wildman–Crippen MR) is 76.1 cm³/mol. The van der Waals surface area contributed by atoms with Crippen molar-refractivity contribution in [1.29, 1.82) is 0 Å². The zero-order valence-electron chi connectivity index (χ0n) is 12.3. The summed E-state index contributed by atoms with van der Waals surface area (Å²) < 4.78 is 12.6. The molecule has 0 saturated carbocycles. The summed E-state index contributed by atoms with van der Waals surface area (Å²) in [6.45, 7) is 0. The van der Waals surface area contributed by atoms with Crippen molar-refractivity contribution in [3.63, 3.8) is 0 Å². The Hall–Kier alpha value is -2.08. The number of methoxy groups -OCH3 is 2. The van der Waals surface area contributed by atoms with Gasteiger partial charge >= 0.3 is 0 Å². The van der Waals surface area contributed by atoms with Crippen LogP contribution in [0.4, 0.5) is 0 Å². The summed E-state index contributed by atoms with van der Waals surface area (Å²) in [5.74, 6) is 2.38. The number of nitrogens with zero attached hydrogens (tertiary/aromatic N) is 3. The van der Waals surface area contributed by atoms with Gasteiger partial charge in [-0.05, 0) is 13.1 Å². The lowest BCUT2D eigenvalue weighted by molar-refractivity contribution is 0.347. The molecular weight excluding hydrogens is 256 g/mol. The van der Waals surface area contributed by atoms with Gasteiger partial charge in [0.25, 0.3) is 0 Å². The fraction of sp³-hybridized carbons (Fsp3) is 0.429. The Balaban J connectivity index is 2.34. The number of para-hydroxylation sites is 1. The van der Waals surface area contributed by atoms with Crippen molar-refractivity contribution in [3.8, 4) is 11.5 Å². The second-order valence-corrected chi connectivity index (χ2v) is 4.43. The Kier molecular flexibility index (Phi) is 4.57. The van der Waals surface area contributed by atoms with Crippen LogP contribution in [0.3, 0.4) is 0 Å². The first-order chi connectivity index (χ1) is 9.71. The molecule has 0 amide bonds. The lowest BCUT2D eigenvalue weighted by Gasteiger charge is -2.20. The maximum Gasteiger partial charge on any atom is 0.165 e. The van der Waals surface area contributed by atoms with Crippen LogP contribution in [0.2, 0.25) is 0 Å². The minimum atomic E-state index is 0.0722. The summed E-state index contributed by atoms with van der Waals surface area (Å²) in [7, 11) is 7.09. The molecule has 108 valence electrons. The first-order valence-corrected chi connectivity index (χ1v) is 6.42. The number of rotatable bonds is 6. The quantitative estimate of drug-likeness (QED) is 0.862. The van der Waals surface area contributed by atoms with Crippen LogP contribution in [-0.2, 0) is 13.5 Å². The van der Waals surface area contributed by atoms with Gasteiger partial charge in [-0.2, -0.15) is 5.10 Å². The first-order valence-electron chi connectivity index (χ1n) is 6.42. The number of aromatic nitrogens is 3. The van der Waals surface area contributed by atoms with Gasteiger partial charge in [0.1, 0.15) is 12.2 Å². The summed E-state index contributed by atoms with van der Waals surface area (Å²) in [5.41, 5.74) is 1.04. The molecule has 0 fully saturated rings. The predicted octanol–water partition coefficient (Wildman–Crippen LogP) is 1.34. The highest BCUT2D eigenvalue weighted by Crippen LogP contribution is 2.35. The second-order valence-electron chi connectivity index (χ2n) is 4.43. The highest BCUT2D eigenvalue weighted by Gasteiger charge is 2.19. The molecule has 2 aromatic rings. The SMILES string of the molecule is CNC(Cc1ncnn1C)c1cccc(OC)c1OC. The van der Waals surface area contributed by atoms with E-state index in [1.54, 1.807) is 25.2 Å². The zero-order chi connectivity index (χ0) is 14.5. The Morgan fingerprint density at radius 2 is 2.10 bits per heavy atom. The van der Waals surface area contributed by atoms with Gasteiger partial charge in [0.15, 0.2) is 11.5 Å². The molecule has 1 N–H and O–H groups in total. The number of hydrogen-bond acceptors (Lipinski definition) is 5. The van der Waals surface area contributed by atoms with Gasteiger partial charge in [-0.15, -0.1) is 0 Å². The Morgan fingerprint density at radius 1 is 1.30 bits per heavy atom. The van der Waals surface area contributed by atoms with E-state index >= 15 is 0 Å². The van der Waals surface area contributed by atoms with E-state index < -0.39 is 0 Å². The van der Waals surface area contributed by atoms with Crippen molar-refractivity contribution in [2.45, 2.75) is 12.5 Å². The molecule has 0 radical (unpaired) electrons. The molecule has 1 aromatic carbocycles. The molecule has 0 aliphatic carbocycles. The van der Waals surface area contributed by atoms with Crippen molar-refractivity contribution < 1.29 is 9.47 Å². The largest absolute Gasteiger partial charge is 0.493 e. The molecule has 1 aromatic heterocycles. The van der Waals surface area contributed by atoms with Crippen molar-refractivity contribution in [1.82, 2.24) is 20.1 Å². The fourth-order valence-electron chi connectivity index (χ4n) is 2.24. The fourth-order valence-corrected chi connectivity index (χ4v) is 2.24. The zero-order valence-corrected chi connectivity index (χ0v) is 12.3. The van der Waals surface area contributed by atoms with Crippen LogP contribution in [0.15, 0.2) is 24.5 Å². The molecule has 0 aliphatic heterocycles. The van der Waals surface area contributed by atoms with Crippen molar-refractivity contribution in [2.75, 3.05) is 21.3 Å². The standard InChI is InChI=1S/C14H20N4O2/c1-15-11(8-13-16-9-17-18(13)2)10-6-5-7-12(19-3)14(10)20-4/h5-7,9,11,15H,8H2,1-4H3. The van der Waals surface area contributed by atoms with E-state index in [1.807, 2.05) is 32.3 Å². The third-order valence-corrected chi connectivity index (χ3v) is 3.35. The van der Waals surface area contributed by atoms with Crippen LogP contribution in [0.5, 0.6) is 11.5 Å². The lowest BCUT2D eigenvalue weighted by Crippen LogP contribution is -2.21. The normalized spacial score (nSPS) is 12.2. The first kappa shape index (κ1) is 14.3. The van der Waals surface area contributed by atoms with Gasteiger partial charge in [-0.25, -0.2) is 4.98 Å². The molecule has 0 bridgehead atoms. The minimum absolute atomic E-state index is 0.0722.